The molecule has 7 heteroatoms. The van der Waals surface area contributed by atoms with E-state index in [1.165, 1.54) is 0 Å². The summed E-state index contributed by atoms with van der Waals surface area (Å²) >= 11 is 1.57. The van der Waals surface area contributed by atoms with E-state index in [1.807, 2.05) is 40.0 Å². The second-order valence-electron chi connectivity index (χ2n) is 9.16. The van der Waals surface area contributed by atoms with Gasteiger partial charge in [0.15, 0.2) is 5.13 Å². The van der Waals surface area contributed by atoms with Crippen LogP contribution < -0.4 is 10.6 Å². The lowest BCUT2D eigenvalue weighted by atomic mass is 9.75. The minimum absolute atomic E-state index is 0.236. The van der Waals surface area contributed by atoms with Crippen LogP contribution in [-0.4, -0.2) is 40.2 Å². The predicted molar refractivity (Wildman–Crippen MR) is 129 cm³/mol. The molecule has 0 aliphatic carbocycles. The normalized spacial score (nSPS) is 17.0. The van der Waals surface area contributed by atoms with E-state index in [0.717, 1.165) is 57.9 Å². The first-order chi connectivity index (χ1) is 14.5. The van der Waals surface area contributed by atoms with Gasteiger partial charge in [-0.2, -0.15) is 0 Å². The summed E-state index contributed by atoms with van der Waals surface area (Å²) in [6, 6.07) is 4.17. The Labute approximate surface area is 189 Å². The molecule has 0 saturated carbocycles. The molecule has 0 aromatic carbocycles. The highest BCUT2D eigenvalue weighted by atomic mass is 32.1. The fourth-order valence-electron chi connectivity index (χ4n) is 3.75. The summed E-state index contributed by atoms with van der Waals surface area (Å²) in [5.74, 6) is 0.829. The van der Waals surface area contributed by atoms with Gasteiger partial charge in [0, 0.05) is 36.6 Å². The lowest BCUT2D eigenvalue weighted by Gasteiger charge is -2.34. The number of rotatable bonds is 8. The predicted octanol–water partition coefficient (Wildman–Crippen LogP) is 5.62. The number of alkyl halides is 1. The second-order valence-corrected chi connectivity index (χ2v) is 10.2. The van der Waals surface area contributed by atoms with Gasteiger partial charge in [-0.3, -0.25) is 4.98 Å². The summed E-state index contributed by atoms with van der Waals surface area (Å²) in [5, 5.41) is 7.35. The largest absolute Gasteiger partial charge is 0.390 e. The SMILES string of the molecule is C=C(NC)C1CCCN1C(=C)Nc1nc(C)c(-c2ccnc(C(C)(C)C(C)(C)F)c2)s1. The third-order valence-electron chi connectivity index (χ3n) is 6.52. The van der Waals surface area contributed by atoms with Crippen molar-refractivity contribution in [1.82, 2.24) is 20.2 Å². The lowest BCUT2D eigenvalue weighted by molar-refractivity contribution is 0.111. The lowest BCUT2D eigenvalue weighted by Crippen LogP contribution is -2.39. The average Bonchev–Trinajstić information content (AvgIpc) is 3.33. The number of pyridine rings is 1. The third kappa shape index (κ3) is 4.61. The van der Waals surface area contributed by atoms with Gasteiger partial charge in [-0.15, -0.1) is 0 Å². The Hall–Kier alpha value is -2.41. The Morgan fingerprint density at radius 2 is 2.00 bits per heavy atom. The molecule has 1 aliphatic heterocycles. The average molecular weight is 444 g/mol. The molecule has 0 radical (unpaired) electrons. The smallest absolute Gasteiger partial charge is 0.189 e. The zero-order valence-electron chi connectivity index (χ0n) is 19.5. The van der Waals surface area contributed by atoms with Crippen LogP contribution in [-0.2, 0) is 5.41 Å². The molecule has 2 aromatic heterocycles. The highest BCUT2D eigenvalue weighted by Gasteiger charge is 2.40. The number of aryl methyl sites for hydroxylation is 1. The quantitative estimate of drug-likeness (QED) is 0.555. The van der Waals surface area contributed by atoms with Crippen molar-refractivity contribution in [2.24, 2.45) is 0 Å². The van der Waals surface area contributed by atoms with Crippen molar-refractivity contribution in [3.63, 3.8) is 0 Å². The van der Waals surface area contributed by atoms with Crippen LogP contribution in [0.2, 0.25) is 0 Å². The van der Waals surface area contributed by atoms with Crippen molar-refractivity contribution in [3.05, 3.63) is 54.4 Å². The summed E-state index contributed by atoms with van der Waals surface area (Å²) in [7, 11) is 1.90. The minimum atomic E-state index is -1.39. The highest BCUT2D eigenvalue weighted by molar-refractivity contribution is 7.19. The molecule has 3 heterocycles. The summed E-state index contributed by atoms with van der Waals surface area (Å²) < 4.78 is 14.8. The van der Waals surface area contributed by atoms with E-state index in [0.29, 0.717) is 0 Å². The Morgan fingerprint density at radius 3 is 2.65 bits per heavy atom. The molecule has 0 amide bonds. The van der Waals surface area contributed by atoms with Gasteiger partial charge >= 0.3 is 0 Å². The van der Waals surface area contributed by atoms with Gasteiger partial charge in [0.05, 0.1) is 16.6 Å². The molecule has 3 rings (SSSR count). The molecule has 1 fully saturated rings. The van der Waals surface area contributed by atoms with Crippen LogP contribution in [0.25, 0.3) is 10.4 Å². The topological polar surface area (TPSA) is 53.1 Å². The van der Waals surface area contributed by atoms with E-state index in [1.54, 1.807) is 31.4 Å². The van der Waals surface area contributed by atoms with Gasteiger partial charge < -0.3 is 15.5 Å². The van der Waals surface area contributed by atoms with Gasteiger partial charge in [0.1, 0.15) is 11.5 Å². The number of nitrogens with zero attached hydrogens (tertiary/aromatic N) is 3. The molecule has 0 spiro atoms. The number of likely N-dealkylation sites (tertiary alicyclic amines) is 1. The maximum Gasteiger partial charge on any atom is 0.189 e. The van der Waals surface area contributed by atoms with E-state index < -0.39 is 11.1 Å². The third-order valence-corrected chi connectivity index (χ3v) is 7.64. The maximum atomic E-state index is 14.8. The molecule has 168 valence electrons. The van der Waals surface area contributed by atoms with Crippen molar-refractivity contribution >= 4 is 16.5 Å². The molecule has 1 saturated heterocycles. The fraction of sp³-hybridized carbons (Fsp3) is 0.500. The van der Waals surface area contributed by atoms with Crippen LogP contribution in [0.3, 0.4) is 0 Å². The zero-order valence-corrected chi connectivity index (χ0v) is 20.3. The van der Waals surface area contributed by atoms with Crippen LogP contribution in [0.4, 0.5) is 9.52 Å². The highest BCUT2D eigenvalue weighted by Crippen LogP contribution is 2.39. The van der Waals surface area contributed by atoms with Crippen molar-refractivity contribution in [3.8, 4) is 10.4 Å². The molecule has 5 nitrogen and oxygen atoms in total. The van der Waals surface area contributed by atoms with Gasteiger partial charge in [0.25, 0.3) is 0 Å². The van der Waals surface area contributed by atoms with Crippen LogP contribution in [0.5, 0.6) is 0 Å². The molecule has 1 unspecified atom stereocenters. The van der Waals surface area contributed by atoms with Gasteiger partial charge in [-0.25, -0.2) is 9.37 Å². The number of likely N-dealkylation sites (N-methyl/N-ethyl adjacent to an activating group) is 1. The summed E-state index contributed by atoms with van der Waals surface area (Å²) in [4.78, 5) is 12.5. The molecule has 1 aliphatic rings. The molecular weight excluding hydrogens is 409 g/mol. The minimum Gasteiger partial charge on any atom is -0.390 e. The summed E-state index contributed by atoms with van der Waals surface area (Å²) in [6.07, 6.45) is 3.92. The van der Waals surface area contributed by atoms with Gasteiger partial charge in [-0.1, -0.05) is 38.3 Å². The van der Waals surface area contributed by atoms with Crippen molar-refractivity contribution in [2.45, 2.75) is 64.6 Å². The molecular formula is C24H34FN5S. The van der Waals surface area contributed by atoms with Crippen LogP contribution in [0, 0.1) is 6.92 Å². The van der Waals surface area contributed by atoms with Crippen molar-refractivity contribution in [1.29, 1.82) is 0 Å². The van der Waals surface area contributed by atoms with Gasteiger partial charge in [-0.05, 0) is 51.3 Å². The monoisotopic (exact) mass is 443 g/mol. The number of halogens is 1. The standard InChI is InChI=1S/C24H34FN5S/c1-15(26-8)19-10-9-13-30(19)17(3)29-22-28-16(2)21(31-22)18-11-12-27-20(14-18)23(4,5)24(6,7)25/h11-12,14,19,26H,1,3,9-10,13H2,2,4-8H3,(H,28,29). The Bertz CT molecular complexity index is 973. The van der Waals surface area contributed by atoms with E-state index in [9.17, 15) is 4.39 Å². The Morgan fingerprint density at radius 1 is 1.29 bits per heavy atom. The van der Waals surface area contributed by atoms with Crippen molar-refractivity contribution in [2.75, 3.05) is 18.9 Å². The van der Waals surface area contributed by atoms with E-state index >= 15 is 0 Å². The summed E-state index contributed by atoms with van der Waals surface area (Å²) in [6.45, 7) is 18.3. The molecule has 31 heavy (non-hydrogen) atoms. The zero-order chi connectivity index (χ0) is 23.0. The molecule has 2 N–H and O–H groups in total. The second kappa shape index (κ2) is 8.61. The van der Waals surface area contributed by atoms with Crippen molar-refractivity contribution < 1.29 is 4.39 Å². The first kappa shape index (κ1) is 23.3. The number of aromatic nitrogens is 2. The van der Waals surface area contributed by atoms with E-state index in [-0.39, 0.29) is 6.04 Å². The number of thiazole rings is 1. The summed E-state index contributed by atoms with van der Waals surface area (Å²) in [5.41, 5.74) is 1.55. The van der Waals surface area contributed by atoms with E-state index in [4.69, 9.17) is 4.98 Å². The first-order valence-electron chi connectivity index (χ1n) is 10.7. The van der Waals surface area contributed by atoms with Crippen LogP contribution >= 0.6 is 11.3 Å². The molecule has 0 bridgehead atoms. The Kier molecular flexibility index (Phi) is 6.46. The van der Waals surface area contributed by atoms with E-state index in [2.05, 4.69) is 33.7 Å². The van der Waals surface area contributed by atoms with Gasteiger partial charge in [0.2, 0.25) is 0 Å². The maximum absolute atomic E-state index is 14.8. The van der Waals surface area contributed by atoms with Crippen LogP contribution in [0.1, 0.15) is 51.9 Å². The van der Waals surface area contributed by atoms with Crippen LogP contribution in [0.15, 0.2) is 43.0 Å². The number of anilines is 1. The number of hydrogen-bond acceptors (Lipinski definition) is 6. The number of hydrogen-bond donors (Lipinski definition) is 2. The number of nitrogens with one attached hydrogen (secondary N) is 2. The molecule has 1 atom stereocenters. The molecule has 2 aromatic rings. The fourth-order valence-corrected chi connectivity index (χ4v) is 4.73. The Balaban J connectivity index is 1.83. The first-order valence-corrected chi connectivity index (χ1v) is 11.5.